The van der Waals surface area contributed by atoms with E-state index in [4.69, 9.17) is 9.40 Å². The normalized spacial score (nSPS) is 13.8. The Bertz CT molecular complexity index is 1720. The molecule has 3 heterocycles. The standard InChI is InChI=1S/C26H28NOSi.C11H8N.Ir/c1-29(2,3)20-12-13-21-22-10-7-11-23(26(22)28-25(21)17-20)24-16-19(14-15-27-24)18-8-5-4-6-9-18;1-2-6-10(7-3-1)11-8-4-5-9-12-11;/h7,10,12-18H,4-6,8-9H2,1-3H3;1-6,8-9H;/q2*-1;. The van der Waals surface area contributed by atoms with Crippen LogP contribution >= 0.6 is 0 Å². The maximum atomic E-state index is 6.41. The number of aromatic nitrogens is 2. The predicted octanol–water partition coefficient (Wildman–Crippen LogP) is 9.59. The van der Waals surface area contributed by atoms with E-state index in [2.05, 4.69) is 73.2 Å². The fourth-order valence-corrected chi connectivity index (χ4v) is 6.89. The topological polar surface area (TPSA) is 38.9 Å². The number of hydrogen-bond acceptors (Lipinski definition) is 3. The van der Waals surface area contributed by atoms with Crippen LogP contribution in [0.25, 0.3) is 44.5 Å². The van der Waals surface area contributed by atoms with E-state index < -0.39 is 8.07 Å². The minimum Gasteiger partial charge on any atom is -0.501 e. The van der Waals surface area contributed by atoms with E-state index in [1.807, 2.05) is 54.7 Å². The molecule has 0 unspecified atom stereocenters. The molecular formula is C37H36IrN2OSi-2. The number of fused-ring (bicyclic) bond motifs is 3. The Hall–Kier alpha value is -3.37. The molecule has 42 heavy (non-hydrogen) atoms. The van der Waals surface area contributed by atoms with Crippen molar-refractivity contribution < 1.29 is 24.5 Å². The van der Waals surface area contributed by atoms with E-state index in [9.17, 15) is 0 Å². The number of rotatable bonds is 4. The van der Waals surface area contributed by atoms with Gasteiger partial charge in [0.15, 0.2) is 0 Å². The molecule has 0 spiro atoms. The third-order valence-electron chi connectivity index (χ3n) is 8.07. The van der Waals surface area contributed by atoms with Gasteiger partial charge < -0.3 is 14.4 Å². The third kappa shape index (κ3) is 6.65. The first-order valence-electron chi connectivity index (χ1n) is 14.7. The van der Waals surface area contributed by atoms with E-state index >= 15 is 0 Å². The van der Waals surface area contributed by atoms with Crippen molar-refractivity contribution in [2.75, 3.05) is 0 Å². The van der Waals surface area contributed by atoms with Gasteiger partial charge in [-0.05, 0) is 48.3 Å². The van der Waals surface area contributed by atoms with E-state index in [0.29, 0.717) is 5.92 Å². The minimum absolute atomic E-state index is 0. The molecule has 7 rings (SSSR count). The number of hydrogen-bond donors (Lipinski definition) is 0. The van der Waals surface area contributed by atoms with Crippen LogP contribution in [0.15, 0.2) is 102 Å². The molecule has 1 saturated carbocycles. The molecule has 5 heteroatoms. The van der Waals surface area contributed by atoms with Crippen LogP contribution < -0.4 is 5.19 Å². The summed E-state index contributed by atoms with van der Waals surface area (Å²) in [5.74, 6) is 0.666. The molecule has 3 aromatic carbocycles. The molecule has 0 amide bonds. The van der Waals surface area contributed by atoms with E-state index in [1.54, 1.807) is 6.20 Å². The Labute approximate surface area is 263 Å². The summed E-state index contributed by atoms with van der Waals surface area (Å²) in [5.41, 5.74) is 7.26. The summed E-state index contributed by atoms with van der Waals surface area (Å²) in [4.78, 5) is 8.91. The summed E-state index contributed by atoms with van der Waals surface area (Å²) in [5, 5.41) is 3.76. The summed E-state index contributed by atoms with van der Waals surface area (Å²) in [6.07, 6.45) is 10.4. The zero-order chi connectivity index (χ0) is 28.2. The first-order valence-corrected chi connectivity index (χ1v) is 18.2. The fraction of sp³-hybridized carbons (Fsp3) is 0.243. The van der Waals surface area contributed by atoms with Crippen molar-refractivity contribution in [3.8, 4) is 22.5 Å². The number of furan rings is 1. The number of benzene rings is 3. The van der Waals surface area contributed by atoms with Crippen molar-refractivity contribution >= 4 is 35.2 Å². The van der Waals surface area contributed by atoms with Gasteiger partial charge in [0, 0.05) is 37.9 Å². The maximum Gasteiger partial charge on any atom is 0.120 e. The molecule has 0 aliphatic heterocycles. The van der Waals surface area contributed by atoms with Gasteiger partial charge in [0.1, 0.15) is 5.58 Å². The molecule has 1 aliphatic rings. The average Bonchev–Trinajstić information content (AvgIpc) is 3.41. The quantitative estimate of drug-likeness (QED) is 0.133. The Morgan fingerprint density at radius 1 is 0.738 bits per heavy atom. The van der Waals surface area contributed by atoms with Crippen molar-refractivity contribution in [1.82, 2.24) is 9.97 Å². The van der Waals surface area contributed by atoms with E-state index in [1.165, 1.54) is 48.2 Å². The van der Waals surface area contributed by atoms with Gasteiger partial charge in [-0.2, -0.15) is 0 Å². The van der Waals surface area contributed by atoms with Crippen LogP contribution in [0.1, 0.15) is 43.6 Å². The van der Waals surface area contributed by atoms with Crippen LogP contribution in [0.3, 0.4) is 0 Å². The summed E-state index contributed by atoms with van der Waals surface area (Å²) < 4.78 is 6.41. The molecule has 6 aromatic rings. The molecule has 1 aliphatic carbocycles. The summed E-state index contributed by atoms with van der Waals surface area (Å²) >= 11 is 0. The van der Waals surface area contributed by atoms with Crippen LogP contribution in [-0.2, 0) is 20.1 Å². The van der Waals surface area contributed by atoms with Gasteiger partial charge in [0.05, 0.1) is 13.7 Å². The predicted molar refractivity (Wildman–Crippen MR) is 173 cm³/mol. The minimum atomic E-state index is -1.38. The Morgan fingerprint density at radius 2 is 1.55 bits per heavy atom. The second kappa shape index (κ2) is 13.3. The van der Waals surface area contributed by atoms with Crippen molar-refractivity contribution in [3.63, 3.8) is 0 Å². The van der Waals surface area contributed by atoms with Crippen LogP contribution in [0.5, 0.6) is 0 Å². The molecule has 0 atom stereocenters. The average molecular weight is 745 g/mol. The van der Waals surface area contributed by atoms with Gasteiger partial charge in [-0.15, -0.1) is 54.1 Å². The van der Waals surface area contributed by atoms with Gasteiger partial charge in [-0.1, -0.05) is 90.9 Å². The van der Waals surface area contributed by atoms with E-state index in [-0.39, 0.29) is 20.1 Å². The van der Waals surface area contributed by atoms with Crippen LogP contribution in [0.2, 0.25) is 19.6 Å². The monoisotopic (exact) mass is 745 g/mol. The summed E-state index contributed by atoms with van der Waals surface area (Å²) in [6.45, 7) is 7.12. The first-order chi connectivity index (χ1) is 20.0. The zero-order valence-corrected chi connectivity index (χ0v) is 27.9. The van der Waals surface area contributed by atoms with Crippen molar-refractivity contribution in [2.24, 2.45) is 0 Å². The molecular weight excluding hydrogens is 709 g/mol. The molecule has 3 aromatic heterocycles. The maximum absolute atomic E-state index is 6.41. The summed E-state index contributed by atoms with van der Waals surface area (Å²) in [7, 11) is -1.38. The molecule has 215 valence electrons. The van der Waals surface area contributed by atoms with Gasteiger partial charge in [0.2, 0.25) is 0 Å². The van der Waals surface area contributed by atoms with Crippen LogP contribution in [0, 0.1) is 12.1 Å². The van der Waals surface area contributed by atoms with Crippen LogP contribution in [0.4, 0.5) is 0 Å². The smallest absolute Gasteiger partial charge is 0.120 e. The van der Waals surface area contributed by atoms with Crippen LogP contribution in [-0.4, -0.2) is 18.0 Å². The number of pyridine rings is 2. The third-order valence-corrected chi connectivity index (χ3v) is 10.1. The first kappa shape index (κ1) is 30.1. The van der Waals surface area contributed by atoms with Gasteiger partial charge >= 0.3 is 0 Å². The molecule has 0 bridgehead atoms. The molecule has 1 fully saturated rings. The zero-order valence-electron chi connectivity index (χ0n) is 24.5. The van der Waals surface area contributed by atoms with E-state index in [0.717, 1.165) is 39.1 Å². The van der Waals surface area contributed by atoms with Gasteiger partial charge in [0.25, 0.3) is 0 Å². The molecule has 3 nitrogen and oxygen atoms in total. The number of nitrogens with zero attached hydrogens (tertiary/aromatic N) is 2. The molecule has 0 N–H and O–H groups in total. The largest absolute Gasteiger partial charge is 0.501 e. The molecule has 1 radical (unpaired) electrons. The second-order valence-electron chi connectivity index (χ2n) is 12.0. The van der Waals surface area contributed by atoms with Crippen molar-refractivity contribution in [3.05, 3.63) is 115 Å². The summed E-state index contributed by atoms with van der Waals surface area (Å²) in [6, 6.07) is 35.6. The second-order valence-corrected chi connectivity index (χ2v) is 17.0. The molecule has 0 saturated heterocycles. The van der Waals surface area contributed by atoms with Gasteiger partial charge in [-0.3, -0.25) is 0 Å². The van der Waals surface area contributed by atoms with Crippen molar-refractivity contribution in [2.45, 2.75) is 57.7 Å². The fourth-order valence-electron chi connectivity index (χ4n) is 5.75. The van der Waals surface area contributed by atoms with Crippen molar-refractivity contribution in [1.29, 1.82) is 0 Å². The van der Waals surface area contributed by atoms with Gasteiger partial charge in [-0.25, -0.2) is 0 Å². The Balaban J connectivity index is 0.000000228. The SMILES string of the molecule is C[Si](C)(C)c1ccc2c(c1)oc1c(-c3cc(C4CCCCC4)ccn3)[c-]ccc12.[Ir].[c-]1ccccc1-c1ccccn1. The Kier molecular flexibility index (Phi) is 9.52. The Morgan fingerprint density at radius 3 is 2.29 bits per heavy atom.